The second-order valence-electron chi connectivity index (χ2n) is 7.08. The van der Waals surface area contributed by atoms with E-state index < -0.39 is 11.7 Å². The van der Waals surface area contributed by atoms with Gasteiger partial charge in [-0.2, -0.15) is 5.10 Å². The van der Waals surface area contributed by atoms with Crippen LogP contribution in [0.1, 0.15) is 36.0 Å². The maximum atomic E-state index is 14.6. The van der Waals surface area contributed by atoms with Crippen LogP contribution in [0.4, 0.5) is 21.7 Å². The van der Waals surface area contributed by atoms with Gasteiger partial charge in [-0.1, -0.05) is 12.8 Å². The average molecular weight is 383 g/mol. The standard InChI is InChI=1S/C19H22FN7O/c20-13-8-12(17(22)28)18(24-11-6-5-10-9-23-27-16(10)7-11)26-19(13)25-15-4-2-1-3-14(15)21/h5-9,14-15H,1-4,21H2,(H2,22,28)(H,23,27)(H2,24,25,26)/t14-,15+/m0/s1. The Morgan fingerprint density at radius 2 is 2.04 bits per heavy atom. The normalized spacial score (nSPS) is 19.5. The number of hydrogen-bond acceptors (Lipinski definition) is 6. The van der Waals surface area contributed by atoms with Crippen LogP contribution in [0, 0.1) is 5.82 Å². The number of nitrogens with two attached hydrogens (primary N) is 2. The number of anilines is 3. The average Bonchev–Trinajstić information content (AvgIpc) is 3.13. The molecule has 0 aliphatic heterocycles. The van der Waals surface area contributed by atoms with E-state index in [9.17, 15) is 9.18 Å². The first-order chi connectivity index (χ1) is 13.5. The fourth-order valence-electron chi connectivity index (χ4n) is 3.54. The van der Waals surface area contributed by atoms with Crippen molar-refractivity contribution in [2.75, 3.05) is 10.6 Å². The third-order valence-electron chi connectivity index (χ3n) is 5.09. The lowest BCUT2D eigenvalue weighted by molar-refractivity contribution is 0.100. The summed E-state index contributed by atoms with van der Waals surface area (Å²) in [7, 11) is 0. The number of aromatic amines is 1. The lowest BCUT2D eigenvalue weighted by atomic mass is 9.91. The van der Waals surface area contributed by atoms with Crippen molar-refractivity contribution in [3.63, 3.8) is 0 Å². The molecule has 0 bridgehead atoms. The monoisotopic (exact) mass is 383 g/mol. The van der Waals surface area contributed by atoms with Crippen LogP contribution in [0.3, 0.4) is 0 Å². The number of benzene rings is 1. The smallest absolute Gasteiger partial charge is 0.252 e. The van der Waals surface area contributed by atoms with Gasteiger partial charge in [0, 0.05) is 23.2 Å². The predicted molar refractivity (Wildman–Crippen MR) is 106 cm³/mol. The van der Waals surface area contributed by atoms with Crippen LogP contribution >= 0.6 is 0 Å². The van der Waals surface area contributed by atoms with E-state index in [1.54, 1.807) is 6.20 Å². The van der Waals surface area contributed by atoms with Gasteiger partial charge in [-0.05, 0) is 37.1 Å². The summed E-state index contributed by atoms with van der Waals surface area (Å²) in [4.78, 5) is 16.1. The maximum absolute atomic E-state index is 14.6. The quantitative estimate of drug-likeness (QED) is 0.460. The van der Waals surface area contributed by atoms with Crippen molar-refractivity contribution in [1.82, 2.24) is 15.2 Å². The number of aromatic nitrogens is 3. The zero-order chi connectivity index (χ0) is 19.7. The van der Waals surface area contributed by atoms with E-state index >= 15 is 0 Å². The third-order valence-corrected chi connectivity index (χ3v) is 5.09. The van der Waals surface area contributed by atoms with Crippen molar-refractivity contribution in [2.24, 2.45) is 11.5 Å². The fourth-order valence-corrected chi connectivity index (χ4v) is 3.54. The number of amides is 1. The predicted octanol–water partition coefficient (Wildman–Crippen LogP) is 2.62. The lowest BCUT2D eigenvalue weighted by Gasteiger charge is -2.30. The molecule has 2 heterocycles. The molecule has 0 saturated heterocycles. The number of carbonyl (C=O) groups excluding carboxylic acids is 1. The second-order valence-corrected chi connectivity index (χ2v) is 7.08. The molecule has 1 aromatic carbocycles. The van der Waals surface area contributed by atoms with Gasteiger partial charge in [-0.3, -0.25) is 9.89 Å². The molecule has 9 heteroatoms. The minimum absolute atomic E-state index is 0.0271. The van der Waals surface area contributed by atoms with Crippen LogP contribution in [-0.4, -0.2) is 33.2 Å². The maximum Gasteiger partial charge on any atom is 0.252 e. The number of primary amides is 1. The highest BCUT2D eigenvalue weighted by atomic mass is 19.1. The Kier molecular flexibility index (Phi) is 4.82. The van der Waals surface area contributed by atoms with E-state index in [-0.39, 0.29) is 29.3 Å². The molecule has 1 amide bonds. The van der Waals surface area contributed by atoms with Gasteiger partial charge < -0.3 is 22.1 Å². The van der Waals surface area contributed by atoms with Crippen LogP contribution in [0.2, 0.25) is 0 Å². The first-order valence-electron chi connectivity index (χ1n) is 9.24. The molecule has 2 atom stereocenters. The van der Waals surface area contributed by atoms with E-state index in [1.165, 1.54) is 0 Å². The lowest BCUT2D eigenvalue weighted by Crippen LogP contribution is -2.43. The number of hydrogen-bond donors (Lipinski definition) is 5. The van der Waals surface area contributed by atoms with Crippen molar-refractivity contribution < 1.29 is 9.18 Å². The van der Waals surface area contributed by atoms with E-state index in [2.05, 4.69) is 25.8 Å². The van der Waals surface area contributed by atoms with Gasteiger partial charge >= 0.3 is 0 Å². The van der Waals surface area contributed by atoms with Gasteiger partial charge in [-0.15, -0.1) is 0 Å². The number of halogens is 1. The third kappa shape index (κ3) is 3.61. The molecule has 0 unspecified atom stereocenters. The number of nitrogens with one attached hydrogen (secondary N) is 3. The Labute approximate surface area is 160 Å². The number of carbonyl (C=O) groups is 1. The van der Waals surface area contributed by atoms with Gasteiger partial charge in [-0.25, -0.2) is 9.37 Å². The minimum atomic E-state index is -0.766. The number of rotatable bonds is 5. The molecule has 28 heavy (non-hydrogen) atoms. The summed E-state index contributed by atoms with van der Waals surface area (Å²) < 4.78 is 14.6. The zero-order valence-electron chi connectivity index (χ0n) is 15.2. The van der Waals surface area contributed by atoms with Gasteiger partial charge in [0.25, 0.3) is 5.91 Å². The van der Waals surface area contributed by atoms with Gasteiger partial charge in [0.15, 0.2) is 11.6 Å². The number of pyridine rings is 1. The van der Waals surface area contributed by atoms with E-state index in [0.717, 1.165) is 42.7 Å². The summed E-state index contributed by atoms with van der Waals surface area (Å²) in [5.74, 6) is -1.17. The largest absolute Gasteiger partial charge is 0.365 e. The molecule has 2 aromatic heterocycles. The van der Waals surface area contributed by atoms with Crippen LogP contribution in [0.5, 0.6) is 0 Å². The topological polar surface area (TPSA) is 135 Å². The van der Waals surface area contributed by atoms with Gasteiger partial charge in [0.1, 0.15) is 5.82 Å². The summed E-state index contributed by atoms with van der Waals surface area (Å²) in [6.45, 7) is 0. The van der Waals surface area contributed by atoms with Crippen LogP contribution in [-0.2, 0) is 0 Å². The molecule has 146 valence electrons. The summed E-state index contributed by atoms with van der Waals surface area (Å²) in [6.07, 6.45) is 5.53. The molecule has 1 aliphatic rings. The Bertz CT molecular complexity index is 1020. The Balaban J connectivity index is 1.66. The van der Waals surface area contributed by atoms with Crippen molar-refractivity contribution >= 4 is 34.1 Å². The Morgan fingerprint density at radius 1 is 1.21 bits per heavy atom. The van der Waals surface area contributed by atoms with E-state index in [0.29, 0.717) is 5.69 Å². The fraction of sp³-hybridized carbons (Fsp3) is 0.316. The molecule has 3 aromatic rings. The summed E-state index contributed by atoms with van der Waals surface area (Å²) in [5, 5.41) is 14.0. The summed E-state index contributed by atoms with van der Waals surface area (Å²) in [6, 6.07) is 6.48. The molecule has 4 rings (SSSR count). The molecule has 8 nitrogen and oxygen atoms in total. The SMILES string of the molecule is NC(=O)c1cc(F)c(N[C@@H]2CCCC[C@@H]2N)nc1Nc1ccc2cn[nH]c2c1. The Hall–Kier alpha value is -3.20. The van der Waals surface area contributed by atoms with Crippen molar-refractivity contribution in [3.8, 4) is 0 Å². The molecular formula is C19H22FN7O. The van der Waals surface area contributed by atoms with Crippen LogP contribution in [0.25, 0.3) is 10.9 Å². The number of H-pyrrole nitrogens is 1. The molecule has 1 saturated carbocycles. The van der Waals surface area contributed by atoms with Crippen LogP contribution < -0.4 is 22.1 Å². The highest BCUT2D eigenvalue weighted by molar-refractivity contribution is 5.99. The summed E-state index contributed by atoms with van der Waals surface area (Å²) in [5.41, 5.74) is 13.0. The number of nitrogens with zero attached hydrogens (tertiary/aromatic N) is 2. The molecule has 7 N–H and O–H groups in total. The molecule has 1 fully saturated rings. The molecular weight excluding hydrogens is 361 g/mol. The second kappa shape index (κ2) is 7.43. The Morgan fingerprint density at radius 3 is 2.82 bits per heavy atom. The first kappa shape index (κ1) is 18.2. The molecule has 0 spiro atoms. The first-order valence-corrected chi connectivity index (χ1v) is 9.24. The minimum Gasteiger partial charge on any atom is -0.365 e. The molecule has 0 radical (unpaired) electrons. The van der Waals surface area contributed by atoms with Crippen LogP contribution in [0.15, 0.2) is 30.5 Å². The van der Waals surface area contributed by atoms with E-state index in [1.807, 2.05) is 18.2 Å². The van der Waals surface area contributed by atoms with Crippen molar-refractivity contribution in [2.45, 2.75) is 37.8 Å². The van der Waals surface area contributed by atoms with Gasteiger partial charge in [0.05, 0.1) is 17.3 Å². The zero-order valence-corrected chi connectivity index (χ0v) is 15.2. The number of fused-ring (bicyclic) bond motifs is 1. The van der Waals surface area contributed by atoms with Crippen molar-refractivity contribution in [1.29, 1.82) is 0 Å². The van der Waals surface area contributed by atoms with Gasteiger partial charge in [0.2, 0.25) is 0 Å². The van der Waals surface area contributed by atoms with Crippen molar-refractivity contribution in [3.05, 3.63) is 41.8 Å². The highest BCUT2D eigenvalue weighted by Crippen LogP contribution is 2.27. The highest BCUT2D eigenvalue weighted by Gasteiger charge is 2.24. The summed E-state index contributed by atoms with van der Waals surface area (Å²) >= 11 is 0. The molecule has 1 aliphatic carbocycles. The van der Waals surface area contributed by atoms with E-state index in [4.69, 9.17) is 11.5 Å².